The Kier molecular flexibility index (Phi) is 8.26. The van der Waals surface area contributed by atoms with Gasteiger partial charge in [-0.05, 0) is 30.7 Å². The van der Waals surface area contributed by atoms with E-state index in [4.69, 9.17) is 0 Å². The number of nitrogens with one attached hydrogen (secondary N) is 2. The first-order valence-electron chi connectivity index (χ1n) is 13.2. The number of benzene rings is 1. The largest absolute Gasteiger partial charge is 0.394 e. The van der Waals surface area contributed by atoms with Crippen LogP contribution in [-0.2, 0) is 14.4 Å². The molecule has 0 aromatic heterocycles. The third-order valence-electron chi connectivity index (χ3n) is 8.13. The second-order valence-electron chi connectivity index (χ2n) is 10.2. The van der Waals surface area contributed by atoms with Crippen LogP contribution in [0.3, 0.4) is 0 Å². The molecule has 1 heterocycles. The van der Waals surface area contributed by atoms with Crippen molar-refractivity contribution in [1.29, 1.82) is 0 Å². The van der Waals surface area contributed by atoms with Crippen LogP contribution in [0.15, 0.2) is 42.5 Å². The number of allylic oxidation sites excluding steroid dienone is 1. The standard InChI is InChI=1S/C28H39N3O4/c1-3-10-19-15-16-21-24(23(19)26(33)29-2)28(35)31(22(17-32)18-11-6-4-7-12-18)25(21)27(34)30-20-13-8-5-9-14-20/h4,6-7,11-12,15-16,19-25,32H,3,5,8-10,13-14,17H2,1-2H3,(H,29,33)(H,30,34)/t19-,21+,22-,23-,24-,25+/m1/s1. The lowest BCUT2D eigenvalue weighted by Crippen LogP contribution is -2.51. The fourth-order valence-corrected chi connectivity index (χ4v) is 6.48. The maximum absolute atomic E-state index is 14.1. The lowest BCUT2D eigenvalue weighted by molar-refractivity contribution is -0.143. The lowest BCUT2D eigenvalue weighted by Gasteiger charge is -2.35. The van der Waals surface area contributed by atoms with Crippen LogP contribution in [0, 0.1) is 23.7 Å². The highest BCUT2D eigenvalue weighted by Gasteiger charge is 2.58. The fourth-order valence-electron chi connectivity index (χ4n) is 6.48. The van der Waals surface area contributed by atoms with Crippen molar-refractivity contribution in [3.05, 3.63) is 48.0 Å². The molecule has 3 N–H and O–H groups in total. The smallest absolute Gasteiger partial charge is 0.243 e. The minimum absolute atomic E-state index is 0.0588. The van der Waals surface area contributed by atoms with Gasteiger partial charge in [-0.2, -0.15) is 0 Å². The summed E-state index contributed by atoms with van der Waals surface area (Å²) in [7, 11) is 1.60. The Balaban J connectivity index is 1.74. The second kappa shape index (κ2) is 11.4. The van der Waals surface area contributed by atoms with Gasteiger partial charge >= 0.3 is 0 Å². The van der Waals surface area contributed by atoms with Gasteiger partial charge in [0.15, 0.2) is 0 Å². The van der Waals surface area contributed by atoms with E-state index < -0.39 is 29.8 Å². The minimum atomic E-state index is -0.766. The third kappa shape index (κ3) is 5.01. The number of amides is 3. The van der Waals surface area contributed by atoms with Gasteiger partial charge in [0.05, 0.1) is 24.5 Å². The number of hydrogen-bond acceptors (Lipinski definition) is 4. The molecule has 0 spiro atoms. The molecule has 1 aromatic rings. The summed E-state index contributed by atoms with van der Waals surface area (Å²) >= 11 is 0. The summed E-state index contributed by atoms with van der Waals surface area (Å²) in [4.78, 5) is 42.6. The fraction of sp³-hybridized carbons (Fsp3) is 0.607. The summed E-state index contributed by atoms with van der Waals surface area (Å²) in [6, 6.07) is 8.05. The number of nitrogens with zero attached hydrogens (tertiary/aromatic N) is 1. The molecule has 7 nitrogen and oxygen atoms in total. The minimum Gasteiger partial charge on any atom is -0.394 e. The number of fused-ring (bicyclic) bond motifs is 1. The van der Waals surface area contributed by atoms with Crippen molar-refractivity contribution in [1.82, 2.24) is 15.5 Å². The van der Waals surface area contributed by atoms with Crippen molar-refractivity contribution in [2.75, 3.05) is 13.7 Å². The Labute approximate surface area is 208 Å². The number of aliphatic hydroxyl groups excluding tert-OH is 1. The number of hydrogen-bond donors (Lipinski definition) is 3. The number of aliphatic hydroxyl groups is 1. The zero-order valence-electron chi connectivity index (χ0n) is 20.9. The molecule has 7 heteroatoms. The molecule has 1 saturated heterocycles. The number of rotatable bonds is 8. The average molecular weight is 482 g/mol. The van der Waals surface area contributed by atoms with Gasteiger partial charge in [0, 0.05) is 19.0 Å². The van der Waals surface area contributed by atoms with Gasteiger partial charge < -0.3 is 20.6 Å². The molecule has 0 bridgehead atoms. The molecular weight excluding hydrogens is 442 g/mol. The van der Waals surface area contributed by atoms with E-state index in [0.717, 1.165) is 44.1 Å². The molecular formula is C28H39N3O4. The van der Waals surface area contributed by atoms with Gasteiger partial charge in [0.2, 0.25) is 17.7 Å². The number of carbonyl (C=O) groups is 3. The average Bonchev–Trinajstić information content (AvgIpc) is 3.17. The predicted molar refractivity (Wildman–Crippen MR) is 134 cm³/mol. The van der Waals surface area contributed by atoms with E-state index in [-0.39, 0.29) is 36.3 Å². The quantitative estimate of drug-likeness (QED) is 0.497. The van der Waals surface area contributed by atoms with Crippen LogP contribution in [0.1, 0.15) is 63.5 Å². The van der Waals surface area contributed by atoms with Gasteiger partial charge in [-0.1, -0.05) is 75.1 Å². The highest BCUT2D eigenvalue weighted by atomic mass is 16.3. The van der Waals surface area contributed by atoms with Crippen LogP contribution in [0.5, 0.6) is 0 Å². The first kappa shape index (κ1) is 25.4. The first-order chi connectivity index (χ1) is 17.0. The Bertz CT molecular complexity index is 927. The Morgan fingerprint density at radius 2 is 1.80 bits per heavy atom. The highest BCUT2D eigenvalue weighted by Crippen LogP contribution is 2.47. The van der Waals surface area contributed by atoms with Crippen LogP contribution >= 0.6 is 0 Å². The molecule has 1 aromatic carbocycles. The molecule has 4 rings (SSSR count). The van der Waals surface area contributed by atoms with Gasteiger partial charge in [0.1, 0.15) is 6.04 Å². The highest BCUT2D eigenvalue weighted by molar-refractivity contribution is 5.97. The van der Waals surface area contributed by atoms with Gasteiger partial charge in [-0.15, -0.1) is 0 Å². The SMILES string of the molecule is CCC[C@@H]1C=C[C@H]2[C@@H](C(=O)N([C@H](CO)c3ccccc3)[C@@H]2C(=O)NC2CCCCC2)[C@@H]1C(=O)NC. The molecule has 2 fully saturated rings. The van der Waals surface area contributed by atoms with Crippen LogP contribution in [0.2, 0.25) is 0 Å². The van der Waals surface area contributed by atoms with Crippen LogP contribution in [0.25, 0.3) is 0 Å². The predicted octanol–water partition coefficient (Wildman–Crippen LogP) is 2.96. The normalized spacial score (nSPS) is 29.5. The molecule has 1 aliphatic heterocycles. The lowest BCUT2D eigenvalue weighted by atomic mass is 9.68. The monoisotopic (exact) mass is 481 g/mol. The molecule has 3 aliphatic rings. The Morgan fingerprint density at radius 3 is 2.43 bits per heavy atom. The van der Waals surface area contributed by atoms with E-state index >= 15 is 0 Å². The number of carbonyl (C=O) groups excluding carboxylic acids is 3. The zero-order chi connectivity index (χ0) is 24.9. The van der Waals surface area contributed by atoms with Gasteiger partial charge in [-0.25, -0.2) is 0 Å². The topological polar surface area (TPSA) is 98.7 Å². The molecule has 2 aliphatic carbocycles. The summed E-state index contributed by atoms with van der Waals surface area (Å²) < 4.78 is 0. The first-order valence-corrected chi connectivity index (χ1v) is 13.2. The second-order valence-corrected chi connectivity index (χ2v) is 10.2. The Morgan fingerprint density at radius 1 is 1.09 bits per heavy atom. The van der Waals surface area contributed by atoms with Crippen molar-refractivity contribution in [3.8, 4) is 0 Å². The van der Waals surface area contributed by atoms with E-state index in [1.807, 2.05) is 42.5 Å². The summed E-state index contributed by atoms with van der Waals surface area (Å²) in [5, 5.41) is 16.4. The summed E-state index contributed by atoms with van der Waals surface area (Å²) in [5.41, 5.74) is 0.781. The van der Waals surface area contributed by atoms with Crippen molar-refractivity contribution in [2.24, 2.45) is 23.7 Å². The summed E-state index contributed by atoms with van der Waals surface area (Å²) in [6.07, 6.45) is 11.0. The van der Waals surface area contributed by atoms with Crippen molar-refractivity contribution in [2.45, 2.75) is 70.0 Å². The number of likely N-dealkylation sites (tertiary alicyclic amines) is 1. The van der Waals surface area contributed by atoms with E-state index in [1.165, 1.54) is 6.42 Å². The molecule has 0 radical (unpaired) electrons. The van der Waals surface area contributed by atoms with Crippen molar-refractivity contribution >= 4 is 17.7 Å². The summed E-state index contributed by atoms with van der Waals surface area (Å²) in [5.74, 6) is -2.20. The van der Waals surface area contributed by atoms with Crippen molar-refractivity contribution in [3.63, 3.8) is 0 Å². The van der Waals surface area contributed by atoms with E-state index in [2.05, 4.69) is 17.6 Å². The van der Waals surface area contributed by atoms with Gasteiger partial charge in [-0.3, -0.25) is 14.4 Å². The van der Waals surface area contributed by atoms with E-state index in [1.54, 1.807) is 11.9 Å². The zero-order valence-corrected chi connectivity index (χ0v) is 20.9. The molecule has 3 amide bonds. The third-order valence-corrected chi connectivity index (χ3v) is 8.13. The maximum Gasteiger partial charge on any atom is 0.243 e. The van der Waals surface area contributed by atoms with Crippen LogP contribution < -0.4 is 10.6 Å². The Hall–Kier alpha value is -2.67. The molecule has 0 unspecified atom stereocenters. The van der Waals surface area contributed by atoms with Crippen LogP contribution in [-0.4, -0.2) is 53.5 Å². The van der Waals surface area contributed by atoms with E-state index in [9.17, 15) is 19.5 Å². The molecule has 35 heavy (non-hydrogen) atoms. The van der Waals surface area contributed by atoms with Crippen molar-refractivity contribution < 1.29 is 19.5 Å². The maximum atomic E-state index is 14.1. The van der Waals surface area contributed by atoms with E-state index in [0.29, 0.717) is 0 Å². The molecule has 1 saturated carbocycles. The summed E-state index contributed by atoms with van der Waals surface area (Å²) in [6.45, 7) is 1.77. The van der Waals surface area contributed by atoms with Gasteiger partial charge in [0.25, 0.3) is 0 Å². The van der Waals surface area contributed by atoms with Crippen LogP contribution in [0.4, 0.5) is 0 Å². The molecule has 190 valence electrons. The molecule has 6 atom stereocenters.